The lowest BCUT2D eigenvalue weighted by Gasteiger charge is -2.43. The minimum absolute atomic E-state index is 0.0335. The molecule has 1 atom stereocenters. The predicted octanol–water partition coefficient (Wildman–Crippen LogP) is 3.40. The van der Waals surface area contributed by atoms with Crippen molar-refractivity contribution >= 4 is 5.91 Å². The van der Waals surface area contributed by atoms with E-state index in [4.69, 9.17) is 0 Å². The lowest BCUT2D eigenvalue weighted by Crippen LogP contribution is -2.47. The van der Waals surface area contributed by atoms with Crippen LogP contribution in [0.4, 0.5) is 0 Å². The second-order valence-corrected chi connectivity index (χ2v) is 8.25. The number of imidazole rings is 1. The molecule has 1 aromatic carbocycles. The molecule has 5 heteroatoms. The van der Waals surface area contributed by atoms with Crippen LogP contribution in [0.1, 0.15) is 49.7 Å². The SMILES string of the molecule is CC(C)C(=O)N1CCc2[nH]cnc2[C@@H]1C1CCN(Cc2ccccc2)CC1. The van der Waals surface area contributed by atoms with Gasteiger partial charge in [0, 0.05) is 31.1 Å². The van der Waals surface area contributed by atoms with Crippen LogP contribution in [-0.2, 0) is 17.8 Å². The van der Waals surface area contributed by atoms with Crippen molar-refractivity contribution < 1.29 is 4.79 Å². The van der Waals surface area contributed by atoms with Crippen molar-refractivity contribution in [1.82, 2.24) is 19.8 Å². The zero-order valence-corrected chi connectivity index (χ0v) is 16.4. The van der Waals surface area contributed by atoms with Gasteiger partial charge in [0.1, 0.15) is 0 Å². The van der Waals surface area contributed by atoms with E-state index < -0.39 is 0 Å². The molecule has 0 saturated carbocycles. The molecule has 27 heavy (non-hydrogen) atoms. The number of fused-ring (bicyclic) bond motifs is 1. The molecule has 0 unspecified atom stereocenters. The number of likely N-dealkylation sites (tertiary alicyclic amines) is 1. The van der Waals surface area contributed by atoms with Crippen molar-refractivity contribution in [3.8, 4) is 0 Å². The number of aromatic amines is 1. The molecule has 0 bridgehead atoms. The Labute approximate surface area is 161 Å². The molecule has 1 N–H and O–H groups in total. The van der Waals surface area contributed by atoms with Gasteiger partial charge in [0.25, 0.3) is 0 Å². The predicted molar refractivity (Wildman–Crippen MR) is 106 cm³/mol. The molecule has 1 aromatic heterocycles. The Hall–Kier alpha value is -2.14. The zero-order chi connectivity index (χ0) is 18.8. The Morgan fingerprint density at radius 1 is 1.19 bits per heavy atom. The summed E-state index contributed by atoms with van der Waals surface area (Å²) in [7, 11) is 0. The van der Waals surface area contributed by atoms with Crippen LogP contribution in [0.3, 0.4) is 0 Å². The van der Waals surface area contributed by atoms with Gasteiger partial charge in [0.2, 0.25) is 5.91 Å². The summed E-state index contributed by atoms with van der Waals surface area (Å²) in [6.07, 6.45) is 4.92. The lowest BCUT2D eigenvalue weighted by atomic mass is 9.83. The topological polar surface area (TPSA) is 52.2 Å². The van der Waals surface area contributed by atoms with Gasteiger partial charge >= 0.3 is 0 Å². The van der Waals surface area contributed by atoms with Gasteiger partial charge in [0.15, 0.2) is 0 Å². The van der Waals surface area contributed by atoms with Crippen LogP contribution in [0, 0.1) is 11.8 Å². The maximum Gasteiger partial charge on any atom is 0.225 e. The molecule has 0 aliphatic carbocycles. The Kier molecular flexibility index (Phi) is 5.30. The number of carbonyl (C=O) groups is 1. The number of aromatic nitrogens is 2. The van der Waals surface area contributed by atoms with Crippen LogP contribution in [0.2, 0.25) is 0 Å². The van der Waals surface area contributed by atoms with Crippen molar-refractivity contribution in [2.45, 2.75) is 45.7 Å². The van der Waals surface area contributed by atoms with Crippen LogP contribution < -0.4 is 0 Å². The highest BCUT2D eigenvalue weighted by Crippen LogP contribution is 2.39. The summed E-state index contributed by atoms with van der Waals surface area (Å²) in [4.78, 5) is 25.4. The van der Waals surface area contributed by atoms with Crippen molar-refractivity contribution in [1.29, 1.82) is 0 Å². The average molecular weight is 367 g/mol. The fraction of sp³-hybridized carbons (Fsp3) is 0.545. The van der Waals surface area contributed by atoms with Gasteiger partial charge in [-0.3, -0.25) is 9.69 Å². The van der Waals surface area contributed by atoms with E-state index in [1.807, 2.05) is 13.8 Å². The maximum absolute atomic E-state index is 12.9. The average Bonchev–Trinajstić information content (AvgIpc) is 3.17. The second-order valence-electron chi connectivity index (χ2n) is 8.25. The fourth-order valence-corrected chi connectivity index (χ4v) is 4.63. The third kappa shape index (κ3) is 3.79. The first-order valence-corrected chi connectivity index (χ1v) is 10.2. The van der Waals surface area contributed by atoms with E-state index >= 15 is 0 Å². The van der Waals surface area contributed by atoms with E-state index in [9.17, 15) is 4.79 Å². The number of benzene rings is 1. The molecular formula is C22H30N4O. The number of nitrogens with zero attached hydrogens (tertiary/aromatic N) is 3. The van der Waals surface area contributed by atoms with E-state index in [2.05, 4.69) is 50.1 Å². The zero-order valence-electron chi connectivity index (χ0n) is 16.4. The molecule has 1 saturated heterocycles. The number of hydrogen-bond donors (Lipinski definition) is 1. The van der Waals surface area contributed by atoms with E-state index in [1.54, 1.807) is 6.33 Å². The summed E-state index contributed by atoms with van der Waals surface area (Å²) >= 11 is 0. The highest BCUT2D eigenvalue weighted by atomic mass is 16.2. The minimum atomic E-state index is 0.0335. The highest BCUT2D eigenvalue weighted by Gasteiger charge is 2.39. The molecule has 2 aromatic rings. The minimum Gasteiger partial charge on any atom is -0.348 e. The van der Waals surface area contributed by atoms with Gasteiger partial charge in [-0.25, -0.2) is 4.98 Å². The fourth-order valence-electron chi connectivity index (χ4n) is 4.63. The van der Waals surface area contributed by atoms with Crippen molar-refractivity contribution in [3.63, 3.8) is 0 Å². The van der Waals surface area contributed by atoms with Gasteiger partial charge in [-0.2, -0.15) is 0 Å². The summed E-state index contributed by atoms with van der Waals surface area (Å²) < 4.78 is 0. The van der Waals surface area contributed by atoms with Gasteiger partial charge in [-0.15, -0.1) is 0 Å². The smallest absolute Gasteiger partial charge is 0.225 e. The highest BCUT2D eigenvalue weighted by molar-refractivity contribution is 5.79. The number of nitrogens with one attached hydrogen (secondary N) is 1. The third-order valence-corrected chi connectivity index (χ3v) is 6.07. The van der Waals surface area contributed by atoms with Gasteiger partial charge in [-0.1, -0.05) is 44.2 Å². The summed E-state index contributed by atoms with van der Waals surface area (Å²) in [5, 5.41) is 0. The van der Waals surface area contributed by atoms with Gasteiger partial charge < -0.3 is 9.88 Å². The third-order valence-electron chi connectivity index (χ3n) is 6.07. The molecule has 3 heterocycles. The molecule has 2 aliphatic rings. The number of amides is 1. The largest absolute Gasteiger partial charge is 0.348 e. The maximum atomic E-state index is 12.9. The number of H-pyrrole nitrogens is 1. The summed E-state index contributed by atoms with van der Waals surface area (Å²) in [5.74, 6) is 0.786. The Morgan fingerprint density at radius 3 is 2.63 bits per heavy atom. The van der Waals surface area contributed by atoms with E-state index in [1.165, 1.54) is 11.3 Å². The molecule has 5 nitrogen and oxygen atoms in total. The first-order valence-electron chi connectivity index (χ1n) is 10.2. The van der Waals surface area contributed by atoms with Crippen LogP contribution in [-0.4, -0.2) is 45.3 Å². The molecule has 144 valence electrons. The first kappa shape index (κ1) is 18.2. The first-order chi connectivity index (χ1) is 13.1. The summed E-state index contributed by atoms with van der Waals surface area (Å²) in [5.41, 5.74) is 3.70. The number of piperidine rings is 1. The van der Waals surface area contributed by atoms with Gasteiger partial charge in [-0.05, 0) is 37.4 Å². The molecule has 2 aliphatic heterocycles. The number of hydrogen-bond acceptors (Lipinski definition) is 3. The molecule has 0 radical (unpaired) electrons. The van der Waals surface area contributed by atoms with Crippen LogP contribution in [0.15, 0.2) is 36.7 Å². The van der Waals surface area contributed by atoms with Crippen molar-refractivity contribution in [2.24, 2.45) is 11.8 Å². The van der Waals surface area contributed by atoms with E-state index in [0.717, 1.165) is 51.1 Å². The van der Waals surface area contributed by atoms with Crippen molar-refractivity contribution in [2.75, 3.05) is 19.6 Å². The Morgan fingerprint density at radius 2 is 1.93 bits per heavy atom. The number of carbonyl (C=O) groups excluding carboxylic acids is 1. The van der Waals surface area contributed by atoms with Crippen molar-refractivity contribution in [3.05, 3.63) is 53.6 Å². The Bertz CT molecular complexity index is 762. The number of rotatable bonds is 4. The quantitative estimate of drug-likeness (QED) is 0.902. The second kappa shape index (κ2) is 7.85. The Balaban J connectivity index is 1.47. The molecule has 1 fully saturated rings. The van der Waals surface area contributed by atoms with Crippen LogP contribution in [0.5, 0.6) is 0 Å². The van der Waals surface area contributed by atoms with Crippen LogP contribution in [0.25, 0.3) is 0 Å². The lowest BCUT2D eigenvalue weighted by molar-refractivity contribution is -0.139. The standard InChI is InChI=1S/C22H30N4O/c1-16(2)22(27)26-13-10-19-20(24-15-23-19)21(26)18-8-11-25(12-9-18)14-17-6-4-3-5-7-17/h3-7,15-16,18,21H,8-14H2,1-2H3,(H,23,24)/t21-/m0/s1. The monoisotopic (exact) mass is 366 g/mol. The molecule has 0 spiro atoms. The normalized spacial score (nSPS) is 21.4. The molecular weight excluding hydrogens is 336 g/mol. The molecule has 4 rings (SSSR count). The molecule has 1 amide bonds. The van der Waals surface area contributed by atoms with Crippen LogP contribution >= 0.6 is 0 Å². The summed E-state index contributed by atoms with van der Waals surface area (Å²) in [6.45, 7) is 7.99. The van der Waals surface area contributed by atoms with E-state index in [-0.39, 0.29) is 17.9 Å². The summed E-state index contributed by atoms with van der Waals surface area (Å²) in [6, 6.07) is 10.8. The van der Waals surface area contributed by atoms with E-state index in [0.29, 0.717) is 5.92 Å². The van der Waals surface area contributed by atoms with Gasteiger partial charge in [0.05, 0.1) is 18.1 Å².